The molecule has 1 fully saturated rings. The lowest BCUT2D eigenvalue weighted by Crippen LogP contribution is -2.51. The summed E-state index contributed by atoms with van der Waals surface area (Å²) in [5.41, 5.74) is -5.23. The molecule has 0 aliphatic carbocycles. The molecule has 0 aromatic heterocycles. The van der Waals surface area contributed by atoms with Crippen LogP contribution in [0.1, 0.15) is 46.0 Å². The molecule has 0 unspecified atom stereocenters. The van der Waals surface area contributed by atoms with Crippen molar-refractivity contribution in [3.8, 4) is 0 Å². The SMILES string of the molecule is CCCCCN=C(NCC)NC1CCN(S(=O)(=O)C(F)(F)F)CC1. The Bertz CT molecular complexity index is 501. The molecule has 6 nitrogen and oxygen atoms in total. The van der Waals surface area contributed by atoms with Crippen LogP contribution in [-0.2, 0) is 10.0 Å². The first-order chi connectivity index (χ1) is 11.2. The summed E-state index contributed by atoms with van der Waals surface area (Å²) in [6.07, 6.45) is 3.81. The Kier molecular flexibility index (Phi) is 8.28. The van der Waals surface area contributed by atoms with E-state index < -0.39 is 15.5 Å². The van der Waals surface area contributed by atoms with Crippen molar-refractivity contribution in [1.29, 1.82) is 0 Å². The molecule has 1 aliphatic rings. The summed E-state index contributed by atoms with van der Waals surface area (Å²) in [6.45, 7) is 5.12. The normalized spacial score (nSPS) is 18.6. The largest absolute Gasteiger partial charge is 0.511 e. The zero-order valence-electron chi connectivity index (χ0n) is 14.2. The van der Waals surface area contributed by atoms with Gasteiger partial charge in [0, 0.05) is 32.2 Å². The van der Waals surface area contributed by atoms with E-state index in [0.29, 0.717) is 36.2 Å². The van der Waals surface area contributed by atoms with Gasteiger partial charge in [0.15, 0.2) is 5.96 Å². The second-order valence-electron chi connectivity index (χ2n) is 5.74. The second-order valence-corrected chi connectivity index (χ2v) is 7.67. The molecule has 0 atom stereocenters. The monoisotopic (exact) mass is 372 g/mol. The van der Waals surface area contributed by atoms with Gasteiger partial charge in [0.05, 0.1) is 0 Å². The molecule has 1 saturated heterocycles. The molecule has 2 N–H and O–H groups in total. The Morgan fingerprint density at radius 1 is 1.21 bits per heavy atom. The van der Waals surface area contributed by atoms with E-state index >= 15 is 0 Å². The number of hydrogen-bond acceptors (Lipinski definition) is 3. The third-order valence-corrected chi connectivity index (χ3v) is 5.43. The predicted octanol–water partition coefficient (Wildman–Crippen LogP) is 2.05. The number of unbranched alkanes of at least 4 members (excludes halogenated alkanes) is 2. The first-order valence-corrected chi connectivity index (χ1v) is 9.77. The van der Waals surface area contributed by atoms with Crippen molar-refractivity contribution in [3.05, 3.63) is 0 Å². The number of piperidine rings is 1. The highest BCUT2D eigenvalue weighted by Gasteiger charge is 2.50. The zero-order valence-corrected chi connectivity index (χ0v) is 15.0. The molecule has 0 aromatic rings. The van der Waals surface area contributed by atoms with E-state index in [4.69, 9.17) is 0 Å². The summed E-state index contributed by atoms with van der Waals surface area (Å²) in [7, 11) is -5.22. The van der Waals surface area contributed by atoms with Crippen molar-refractivity contribution in [1.82, 2.24) is 14.9 Å². The Morgan fingerprint density at radius 3 is 2.33 bits per heavy atom. The molecule has 24 heavy (non-hydrogen) atoms. The van der Waals surface area contributed by atoms with Crippen LogP contribution in [0.4, 0.5) is 13.2 Å². The van der Waals surface area contributed by atoms with E-state index in [1.165, 1.54) is 0 Å². The van der Waals surface area contributed by atoms with Gasteiger partial charge in [0.1, 0.15) is 0 Å². The van der Waals surface area contributed by atoms with Gasteiger partial charge in [0.2, 0.25) is 0 Å². The third kappa shape index (κ3) is 6.12. The Morgan fingerprint density at radius 2 is 1.83 bits per heavy atom. The lowest BCUT2D eigenvalue weighted by molar-refractivity contribution is -0.0494. The minimum Gasteiger partial charge on any atom is -0.357 e. The highest BCUT2D eigenvalue weighted by atomic mass is 32.2. The number of halogens is 3. The van der Waals surface area contributed by atoms with Crippen LogP contribution in [0.25, 0.3) is 0 Å². The Hall–Kier alpha value is -1.03. The van der Waals surface area contributed by atoms with Crippen molar-refractivity contribution >= 4 is 16.0 Å². The van der Waals surface area contributed by atoms with Gasteiger partial charge >= 0.3 is 15.5 Å². The van der Waals surface area contributed by atoms with Crippen LogP contribution in [-0.4, -0.2) is 56.4 Å². The lowest BCUT2D eigenvalue weighted by atomic mass is 10.1. The fourth-order valence-corrected chi connectivity index (χ4v) is 3.44. The summed E-state index contributed by atoms with van der Waals surface area (Å²) >= 11 is 0. The predicted molar refractivity (Wildman–Crippen MR) is 88.2 cm³/mol. The maximum atomic E-state index is 12.6. The first-order valence-electron chi connectivity index (χ1n) is 8.33. The van der Waals surface area contributed by atoms with Gasteiger partial charge in [-0.1, -0.05) is 19.8 Å². The van der Waals surface area contributed by atoms with Crippen LogP contribution in [0.15, 0.2) is 4.99 Å². The van der Waals surface area contributed by atoms with Crippen molar-refractivity contribution in [2.45, 2.75) is 57.5 Å². The average Bonchev–Trinajstić information content (AvgIpc) is 2.51. The lowest BCUT2D eigenvalue weighted by Gasteiger charge is -2.32. The number of nitrogens with one attached hydrogen (secondary N) is 2. The van der Waals surface area contributed by atoms with Crippen LogP contribution in [0.5, 0.6) is 0 Å². The standard InChI is InChI=1S/C14H27F3N4O2S/c1-3-5-6-9-19-13(18-4-2)20-12-7-10-21(11-8-12)24(22,23)14(15,16)17/h12H,3-11H2,1-2H3,(H2,18,19,20). The summed E-state index contributed by atoms with van der Waals surface area (Å²) in [6, 6.07) is -0.0892. The van der Waals surface area contributed by atoms with E-state index in [1.54, 1.807) is 0 Å². The molecule has 0 amide bonds. The molecule has 10 heteroatoms. The number of alkyl halides is 3. The number of aliphatic imine (C=N–C) groups is 1. The maximum Gasteiger partial charge on any atom is 0.511 e. The van der Waals surface area contributed by atoms with Crippen molar-refractivity contribution in [2.24, 2.45) is 4.99 Å². The first kappa shape index (κ1) is 21.0. The summed E-state index contributed by atoms with van der Waals surface area (Å²) < 4.78 is 60.9. The second kappa shape index (κ2) is 9.45. The molecule has 142 valence electrons. The molecule has 0 aromatic carbocycles. The van der Waals surface area contributed by atoms with Crippen molar-refractivity contribution < 1.29 is 21.6 Å². The van der Waals surface area contributed by atoms with Gasteiger partial charge in [-0.25, -0.2) is 8.42 Å². The van der Waals surface area contributed by atoms with Crippen LogP contribution in [0.2, 0.25) is 0 Å². The Labute approximate surface area is 141 Å². The number of hydrogen-bond donors (Lipinski definition) is 2. The van der Waals surface area contributed by atoms with E-state index in [2.05, 4.69) is 22.5 Å². The van der Waals surface area contributed by atoms with Gasteiger partial charge < -0.3 is 10.6 Å². The van der Waals surface area contributed by atoms with Crippen LogP contribution in [0, 0.1) is 0 Å². The summed E-state index contributed by atoms with van der Waals surface area (Å²) in [5, 5.41) is 6.28. The highest BCUT2D eigenvalue weighted by Crippen LogP contribution is 2.28. The minimum atomic E-state index is -5.23. The molecular weight excluding hydrogens is 345 g/mol. The zero-order chi connectivity index (χ0) is 18.2. The highest BCUT2D eigenvalue weighted by molar-refractivity contribution is 7.90. The van der Waals surface area contributed by atoms with Crippen LogP contribution < -0.4 is 10.6 Å². The average molecular weight is 372 g/mol. The molecule has 0 bridgehead atoms. The molecule has 1 aliphatic heterocycles. The van der Waals surface area contributed by atoms with E-state index in [0.717, 1.165) is 19.3 Å². The van der Waals surface area contributed by atoms with Gasteiger partial charge in [-0.15, -0.1) is 0 Å². The Balaban J connectivity index is 2.54. The van der Waals surface area contributed by atoms with E-state index in [-0.39, 0.29) is 19.1 Å². The summed E-state index contributed by atoms with van der Waals surface area (Å²) in [5.74, 6) is 0.630. The van der Waals surface area contributed by atoms with Gasteiger partial charge in [0.25, 0.3) is 0 Å². The fourth-order valence-electron chi connectivity index (χ4n) is 2.45. The minimum absolute atomic E-state index is 0.0892. The third-order valence-electron chi connectivity index (χ3n) is 3.80. The van der Waals surface area contributed by atoms with Gasteiger partial charge in [-0.05, 0) is 26.2 Å². The molecule has 1 rings (SSSR count). The van der Waals surface area contributed by atoms with E-state index in [1.807, 2.05) is 6.92 Å². The van der Waals surface area contributed by atoms with Crippen molar-refractivity contribution in [2.75, 3.05) is 26.2 Å². The number of nitrogens with zero attached hydrogens (tertiary/aromatic N) is 2. The quantitative estimate of drug-likeness (QED) is 0.408. The van der Waals surface area contributed by atoms with Gasteiger partial charge in [-0.3, -0.25) is 4.99 Å². The molecular formula is C14H27F3N4O2S. The van der Waals surface area contributed by atoms with Crippen LogP contribution in [0.3, 0.4) is 0 Å². The number of sulfonamides is 1. The number of guanidine groups is 1. The molecule has 0 radical (unpaired) electrons. The maximum absolute atomic E-state index is 12.6. The van der Waals surface area contributed by atoms with Gasteiger partial charge in [-0.2, -0.15) is 17.5 Å². The molecule has 0 saturated carbocycles. The number of rotatable bonds is 7. The fraction of sp³-hybridized carbons (Fsp3) is 0.929. The van der Waals surface area contributed by atoms with Crippen molar-refractivity contribution in [3.63, 3.8) is 0 Å². The van der Waals surface area contributed by atoms with Crippen LogP contribution >= 0.6 is 0 Å². The van der Waals surface area contributed by atoms with E-state index in [9.17, 15) is 21.6 Å². The molecule has 0 spiro atoms. The smallest absolute Gasteiger partial charge is 0.357 e. The summed E-state index contributed by atoms with van der Waals surface area (Å²) in [4.78, 5) is 4.43. The topological polar surface area (TPSA) is 73.8 Å². The molecule has 1 heterocycles.